The SMILES string of the molecule is CC(=O)N(Cc1ccc(Cl)cc1)[C@@H](Cc1ccccc1)C(=O)NCc1ccccc1. The maximum absolute atomic E-state index is 13.2. The van der Waals surface area contributed by atoms with Gasteiger partial charge in [0.1, 0.15) is 6.04 Å². The number of nitrogens with one attached hydrogen (secondary N) is 1. The molecule has 0 fully saturated rings. The van der Waals surface area contributed by atoms with Gasteiger partial charge in [0.2, 0.25) is 11.8 Å². The van der Waals surface area contributed by atoms with Crippen LogP contribution in [0.25, 0.3) is 0 Å². The first-order chi connectivity index (χ1) is 14.5. The number of benzene rings is 3. The lowest BCUT2D eigenvalue weighted by Gasteiger charge is -2.30. The van der Waals surface area contributed by atoms with E-state index in [1.165, 1.54) is 6.92 Å². The van der Waals surface area contributed by atoms with Gasteiger partial charge in [0.15, 0.2) is 0 Å². The van der Waals surface area contributed by atoms with Crippen molar-refractivity contribution in [2.75, 3.05) is 0 Å². The van der Waals surface area contributed by atoms with Gasteiger partial charge in [-0.05, 0) is 28.8 Å². The maximum Gasteiger partial charge on any atom is 0.243 e. The van der Waals surface area contributed by atoms with Crippen molar-refractivity contribution in [1.82, 2.24) is 10.2 Å². The minimum atomic E-state index is -0.621. The maximum atomic E-state index is 13.2. The Kier molecular flexibility index (Phi) is 7.63. The van der Waals surface area contributed by atoms with Gasteiger partial charge < -0.3 is 10.2 Å². The zero-order valence-electron chi connectivity index (χ0n) is 16.9. The Morgan fingerprint density at radius 2 is 1.40 bits per heavy atom. The average molecular weight is 421 g/mol. The third-order valence-electron chi connectivity index (χ3n) is 4.93. The van der Waals surface area contributed by atoms with Crippen LogP contribution < -0.4 is 5.32 Å². The van der Waals surface area contributed by atoms with Gasteiger partial charge in [0, 0.05) is 31.5 Å². The molecule has 3 aromatic rings. The highest BCUT2D eigenvalue weighted by atomic mass is 35.5. The molecule has 30 heavy (non-hydrogen) atoms. The highest BCUT2D eigenvalue weighted by Crippen LogP contribution is 2.16. The molecular weight excluding hydrogens is 396 g/mol. The Labute approximate surface area is 182 Å². The van der Waals surface area contributed by atoms with Crippen LogP contribution in [0.15, 0.2) is 84.9 Å². The van der Waals surface area contributed by atoms with Crippen LogP contribution in [0, 0.1) is 0 Å². The lowest BCUT2D eigenvalue weighted by atomic mass is 10.0. The summed E-state index contributed by atoms with van der Waals surface area (Å²) in [6.07, 6.45) is 0.439. The Bertz CT molecular complexity index is 959. The zero-order valence-corrected chi connectivity index (χ0v) is 17.7. The van der Waals surface area contributed by atoms with Crippen LogP contribution in [-0.2, 0) is 29.1 Å². The first-order valence-corrected chi connectivity index (χ1v) is 10.3. The Hall–Kier alpha value is -3.11. The van der Waals surface area contributed by atoms with Gasteiger partial charge >= 0.3 is 0 Å². The molecule has 0 heterocycles. The van der Waals surface area contributed by atoms with E-state index in [2.05, 4.69) is 5.32 Å². The first-order valence-electron chi connectivity index (χ1n) is 9.90. The molecule has 0 aromatic heterocycles. The van der Waals surface area contributed by atoms with E-state index in [0.717, 1.165) is 16.7 Å². The molecule has 4 nitrogen and oxygen atoms in total. The summed E-state index contributed by atoms with van der Waals surface area (Å²) in [4.78, 5) is 27.4. The van der Waals surface area contributed by atoms with E-state index in [-0.39, 0.29) is 11.8 Å². The number of carbonyl (C=O) groups is 2. The van der Waals surface area contributed by atoms with Crippen molar-refractivity contribution < 1.29 is 9.59 Å². The van der Waals surface area contributed by atoms with Crippen molar-refractivity contribution in [3.8, 4) is 0 Å². The van der Waals surface area contributed by atoms with Crippen LogP contribution in [0.3, 0.4) is 0 Å². The van der Waals surface area contributed by atoms with E-state index in [1.54, 1.807) is 17.0 Å². The molecule has 5 heteroatoms. The molecule has 0 aliphatic carbocycles. The van der Waals surface area contributed by atoms with Crippen molar-refractivity contribution in [2.45, 2.75) is 32.5 Å². The van der Waals surface area contributed by atoms with Gasteiger partial charge in [0.25, 0.3) is 0 Å². The van der Waals surface area contributed by atoms with Gasteiger partial charge in [-0.25, -0.2) is 0 Å². The van der Waals surface area contributed by atoms with Crippen LogP contribution in [-0.4, -0.2) is 22.8 Å². The molecule has 1 N–H and O–H groups in total. The van der Waals surface area contributed by atoms with E-state index in [1.807, 2.05) is 72.8 Å². The molecule has 0 bridgehead atoms. The van der Waals surface area contributed by atoms with Crippen molar-refractivity contribution in [1.29, 1.82) is 0 Å². The molecule has 3 aromatic carbocycles. The van der Waals surface area contributed by atoms with Crippen LogP contribution in [0.2, 0.25) is 5.02 Å². The molecular formula is C25H25ClN2O2. The summed E-state index contributed by atoms with van der Waals surface area (Å²) < 4.78 is 0. The van der Waals surface area contributed by atoms with Gasteiger partial charge in [-0.1, -0.05) is 84.4 Å². The molecule has 0 saturated carbocycles. The number of amides is 2. The molecule has 0 radical (unpaired) electrons. The zero-order chi connectivity index (χ0) is 21.3. The molecule has 0 spiro atoms. The highest BCUT2D eigenvalue weighted by molar-refractivity contribution is 6.30. The lowest BCUT2D eigenvalue weighted by molar-refractivity contribution is -0.139. The summed E-state index contributed by atoms with van der Waals surface area (Å²) in [5.41, 5.74) is 2.93. The van der Waals surface area contributed by atoms with Gasteiger partial charge in [-0.15, -0.1) is 0 Å². The van der Waals surface area contributed by atoms with Gasteiger partial charge in [0.05, 0.1) is 0 Å². The number of hydrogen-bond donors (Lipinski definition) is 1. The molecule has 154 valence electrons. The minimum absolute atomic E-state index is 0.152. The summed E-state index contributed by atoms with van der Waals surface area (Å²) in [5, 5.41) is 3.63. The summed E-state index contributed by atoms with van der Waals surface area (Å²) >= 11 is 5.99. The Morgan fingerprint density at radius 1 is 0.833 bits per heavy atom. The normalized spacial score (nSPS) is 11.5. The largest absolute Gasteiger partial charge is 0.350 e. The number of nitrogens with zero attached hydrogens (tertiary/aromatic N) is 1. The number of carbonyl (C=O) groups excluding carboxylic acids is 2. The fraction of sp³-hybridized carbons (Fsp3) is 0.200. The fourth-order valence-electron chi connectivity index (χ4n) is 3.31. The van der Waals surface area contributed by atoms with Gasteiger partial charge in [-0.3, -0.25) is 9.59 Å². The van der Waals surface area contributed by atoms with Crippen molar-refractivity contribution in [2.24, 2.45) is 0 Å². The van der Waals surface area contributed by atoms with E-state index < -0.39 is 6.04 Å². The Morgan fingerprint density at radius 3 is 1.97 bits per heavy atom. The second kappa shape index (κ2) is 10.6. The van der Waals surface area contributed by atoms with Gasteiger partial charge in [-0.2, -0.15) is 0 Å². The number of hydrogen-bond acceptors (Lipinski definition) is 2. The average Bonchev–Trinajstić information content (AvgIpc) is 2.77. The first kappa shape index (κ1) is 21.6. The summed E-state index contributed by atoms with van der Waals surface area (Å²) in [7, 11) is 0. The third kappa shape index (κ3) is 6.19. The molecule has 3 rings (SSSR count). The quantitative estimate of drug-likeness (QED) is 0.578. The molecule has 2 amide bonds. The molecule has 0 saturated heterocycles. The number of rotatable bonds is 8. The predicted octanol–water partition coefficient (Wildman–Crippen LogP) is 4.62. The van der Waals surface area contributed by atoms with Crippen molar-refractivity contribution in [3.05, 3.63) is 107 Å². The van der Waals surface area contributed by atoms with E-state index in [9.17, 15) is 9.59 Å². The summed E-state index contributed by atoms with van der Waals surface area (Å²) in [6, 6.07) is 26.2. The standard InChI is InChI=1S/C25H25ClN2O2/c1-19(29)28(18-22-12-14-23(26)15-13-22)24(16-20-8-4-2-5-9-20)25(30)27-17-21-10-6-3-7-11-21/h2-15,24H,16-18H2,1H3,(H,27,30)/t24-/m0/s1. The number of halogens is 1. The lowest BCUT2D eigenvalue weighted by Crippen LogP contribution is -2.49. The summed E-state index contributed by atoms with van der Waals surface area (Å²) in [5.74, 6) is -0.326. The molecule has 0 aliphatic rings. The van der Waals surface area contributed by atoms with Crippen LogP contribution in [0.5, 0.6) is 0 Å². The molecule has 1 atom stereocenters. The predicted molar refractivity (Wildman–Crippen MR) is 120 cm³/mol. The van der Waals surface area contributed by atoms with Crippen LogP contribution >= 0.6 is 11.6 Å². The van der Waals surface area contributed by atoms with E-state index in [0.29, 0.717) is 24.5 Å². The second-order valence-corrected chi connectivity index (χ2v) is 7.62. The summed E-state index contributed by atoms with van der Waals surface area (Å²) in [6.45, 7) is 2.25. The Balaban J connectivity index is 1.82. The second-order valence-electron chi connectivity index (χ2n) is 7.18. The minimum Gasteiger partial charge on any atom is -0.350 e. The van der Waals surface area contributed by atoms with Crippen LogP contribution in [0.4, 0.5) is 0 Å². The third-order valence-corrected chi connectivity index (χ3v) is 5.18. The monoisotopic (exact) mass is 420 g/mol. The smallest absolute Gasteiger partial charge is 0.243 e. The highest BCUT2D eigenvalue weighted by Gasteiger charge is 2.28. The van der Waals surface area contributed by atoms with Crippen LogP contribution in [0.1, 0.15) is 23.6 Å². The van der Waals surface area contributed by atoms with Crippen molar-refractivity contribution in [3.63, 3.8) is 0 Å². The van der Waals surface area contributed by atoms with E-state index >= 15 is 0 Å². The van der Waals surface area contributed by atoms with Crippen molar-refractivity contribution >= 4 is 23.4 Å². The van der Waals surface area contributed by atoms with E-state index in [4.69, 9.17) is 11.6 Å². The topological polar surface area (TPSA) is 49.4 Å². The molecule has 0 aliphatic heterocycles. The molecule has 0 unspecified atom stereocenters. The fourth-order valence-corrected chi connectivity index (χ4v) is 3.44.